The van der Waals surface area contributed by atoms with Crippen LogP contribution in [-0.4, -0.2) is 46.8 Å². The summed E-state index contributed by atoms with van der Waals surface area (Å²) in [5.41, 5.74) is 2.00. The molecule has 0 bridgehead atoms. The molecule has 3 rings (SSSR count). The number of anilines is 1. The van der Waals surface area contributed by atoms with E-state index in [2.05, 4.69) is 22.3 Å². The molecule has 0 fully saturated rings. The number of methoxy groups -OCH3 is 1. The zero-order valence-electron chi connectivity index (χ0n) is 18.0. The molecular formula is C21H28N4O4S. The second-order valence-corrected chi connectivity index (χ2v) is 7.87. The molecule has 162 valence electrons. The Morgan fingerprint density at radius 2 is 2.03 bits per heavy atom. The van der Waals surface area contributed by atoms with E-state index in [1.54, 1.807) is 16.4 Å². The monoisotopic (exact) mass is 432 g/mol. The topological polar surface area (TPSA) is 87.5 Å². The van der Waals surface area contributed by atoms with Crippen molar-refractivity contribution in [2.75, 3.05) is 31.4 Å². The summed E-state index contributed by atoms with van der Waals surface area (Å²) in [5, 5.41) is 8.47. The number of fused-ring (bicyclic) bond motifs is 1. The van der Waals surface area contributed by atoms with E-state index in [0.717, 1.165) is 17.7 Å². The number of thioether (sulfide) groups is 1. The molecule has 30 heavy (non-hydrogen) atoms. The van der Waals surface area contributed by atoms with Crippen LogP contribution in [0.2, 0.25) is 0 Å². The van der Waals surface area contributed by atoms with E-state index in [4.69, 9.17) is 14.2 Å². The SMILES string of the molecule is CCCOc1ccc(C2C(C(=O)OC)=C(C)Nc3nc(SCC)nn32)cc1OCC. The average molecular weight is 433 g/mol. The predicted molar refractivity (Wildman–Crippen MR) is 116 cm³/mol. The highest BCUT2D eigenvalue weighted by atomic mass is 32.2. The molecule has 2 heterocycles. The molecule has 1 aromatic heterocycles. The minimum atomic E-state index is -0.494. The van der Waals surface area contributed by atoms with Gasteiger partial charge in [0.1, 0.15) is 6.04 Å². The summed E-state index contributed by atoms with van der Waals surface area (Å²) >= 11 is 1.54. The Balaban J connectivity index is 2.12. The van der Waals surface area contributed by atoms with Crippen LogP contribution in [0.3, 0.4) is 0 Å². The Kier molecular flexibility index (Phi) is 7.25. The summed E-state index contributed by atoms with van der Waals surface area (Å²) in [4.78, 5) is 17.2. The van der Waals surface area contributed by atoms with Gasteiger partial charge in [-0.2, -0.15) is 4.98 Å². The zero-order valence-corrected chi connectivity index (χ0v) is 18.8. The first kappa shape index (κ1) is 22.0. The lowest BCUT2D eigenvalue weighted by atomic mass is 9.95. The van der Waals surface area contributed by atoms with Crippen molar-refractivity contribution in [2.24, 2.45) is 0 Å². The largest absolute Gasteiger partial charge is 0.490 e. The van der Waals surface area contributed by atoms with Crippen LogP contribution in [-0.2, 0) is 9.53 Å². The fourth-order valence-corrected chi connectivity index (χ4v) is 3.85. The lowest BCUT2D eigenvalue weighted by Gasteiger charge is -2.28. The highest BCUT2D eigenvalue weighted by Crippen LogP contribution is 2.39. The number of ether oxygens (including phenoxy) is 3. The number of rotatable bonds is 9. The number of allylic oxidation sites excluding steroid dienone is 1. The van der Waals surface area contributed by atoms with Crippen LogP contribution in [0.1, 0.15) is 45.7 Å². The number of hydrogen-bond acceptors (Lipinski definition) is 8. The molecule has 0 amide bonds. The van der Waals surface area contributed by atoms with E-state index in [1.165, 1.54) is 7.11 Å². The Bertz CT molecular complexity index is 941. The van der Waals surface area contributed by atoms with Gasteiger partial charge in [0.2, 0.25) is 11.1 Å². The summed E-state index contributed by atoms with van der Waals surface area (Å²) in [7, 11) is 1.38. The number of hydrogen-bond donors (Lipinski definition) is 1. The fourth-order valence-electron chi connectivity index (χ4n) is 3.30. The van der Waals surface area contributed by atoms with Crippen molar-refractivity contribution >= 4 is 23.7 Å². The molecule has 0 saturated heterocycles. The number of nitrogens with zero attached hydrogens (tertiary/aromatic N) is 3. The van der Waals surface area contributed by atoms with E-state index in [0.29, 0.717) is 47.1 Å². The smallest absolute Gasteiger partial charge is 0.338 e. The van der Waals surface area contributed by atoms with Crippen molar-refractivity contribution in [1.29, 1.82) is 0 Å². The molecule has 1 aromatic carbocycles. The maximum Gasteiger partial charge on any atom is 0.338 e. The number of carbonyl (C=O) groups is 1. The second-order valence-electron chi connectivity index (χ2n) is 6.64. The molecule has 8 nitrogen and oxygen atoms in total. The molecule has 1 unspecified atom stereocenters. The van der Waals surface area contributed by atoms with E-state index >= 15 is 0 Å². The van der Waals surface area contributed by atoms with Crippen LogP contribution < -0.4 is 14.8 Å². The minimum Gasteiger partial charge on any atom is -0.490 e. The molecule has 0 saturated carbocycles. The minimum absolute atomic E-state index is 0.417. The van der Waals surface area contributed by atoms with Gasteiger partial charge in [0.05, 0.1) is 25.9 Å². The van der Waals surface area contributed by atoms with Crippen LogP contribution in [0.4, 0.5) is 5.95 Å². The van der Waals surface area contributed by atoms with Crippen molar-refractivity contribution in [3.63, 3.8) is 0 Å². The van der Waals surface area contributed by atoms with Gasteiger partial charge in [-0.3, -0.25) is 0 Å². The average Bonchev–Trinajstić information content (AvgIpc) is 3.13. The Hall–Kier alpha value is -2.68. The summed E-state index contributed by atoms with van der Waals surface area (Å²) < 4.78 is 18.5. The molecule has 1 aliphatic rings. The molecule has 0 spiro atoms. The molecule has 1 aliphatic heterocycles. The first-order valence-corrected chi connectivity index (χ1v) is 11.1. The Labute approximate surface area is 181 Å². The van der Waals surface area contributed by atoms with Gasteiger partial charge in [0, 0.05) is 5.70 Å². The lowest BCUT2D eigenvalue weighted by Crippen LogP contribution is -2.29. The summed E-state index contributed by atoms with van der Waals surface area (Å²) in [5.74, 6) is 2.33. The van der Waals surface area contributed by atoms with Gasteiger partial charge in [-0.15, -0.1) is 5.10 Å². The van der Waals surface area contributed by atoms with Gasteiger partial charge in [0.15, 0.2) is 11.5 Å². The van der Waals surface area contributed by atoms with Crippen LogP contribution in [0.5, 0.6) is 11.5 Å². The Morgan fingerprint density at radius 3 is 2.70 bits per heavy atom. The van der Waals surface area contributed by atoms with Crippen molar-refractivity contribution in [3.8, 4) is 11.5 Å². The van der Waals surface area contributed by atoms with Gasteiger partial charge in [-0.25, -0.2) is 9.48 Å². The summed E-state index contributed by atoms with van der Waals surface area (Å²) in [6.45, 7) is 8.97. The maximum absolute atomic E-state index is 12.7. The molecule has 1 N–H and O–H groups in total. The lowest BCUT2D eigenvalue weighted by molar-refractivity contribution is -0.136. The van der Waals surface area contributed by atoms with E-state index in [-0.39, 0.29) is 0 Å². The van der Waals surface area contributed by atoms with Crippen molar-refractivity contribution < 1.29 is 19.0 Å². The fraction of sp³-hybridized carbons (Fsp3) is 0.476. The van der Waals surface area contributed by atoms with Crippen LogP contribution in [0.25, 0.3) is 0 Å². The first-order chi connectivity index (χ1) is 14.5. The second kappa shape index (κ2) is 9.88. The van der Waals surface area contributed by atoms with Crippen molar-refractivity contribution in [3.05, 3.63) is 35.0 Å². The van der Waals surface area contributed by atoms with Gasteiger partial charge in [-0.1, -0.05) is 31.7 Å². The number of nitrogens with one attached hydrogen (secondary N) is 1. The molecule has 2 aromatic rings. The maximum atomic E-state index is 12.7. The van der Waals surface area contributed by atoms with Gasteiger partial charge < -0.3 is 19.5 Å². The highest BCUT2D eigenvalue weighted by molar-refractivity contribution is 7.99. The summed E-state index contributed by atoms with van der Waals surface area (Å²) in [6, 6.07) is 5.21. The van der Waals surface area contributed by atoms with Crippen molar-refractivity contribution in [1.82, 2.24) is 14.8 Å². The van der Waals surface area contributed by atoms with Gasteiger partial charge in [0.25, 0.3) is 0 Å². The molecular weight excluding hydrogens is 404 g/mol. The standard InChI is InChI=1S/C21H28N4O4S/c1-6-11-29-15-10-9-14(12-16(15)28-7-2)18-17(19(26)27-5)13(4)22-20-23-21(30-8-3)24-25(18)20/h9-10,12,18H,6-8,11H2,1-5H3,(H,22,23,24). The molecule has 1 atom stereocenters. The number of benzene rings is 1. The highest BCUT2D eigenvalue weighted by Gasteiger charge is 2.35. The summed E-state index contributed by atoms with van der Waals surface area (Å²) in [6.07, 6.45) is 0.899. The molecule has 9 heteroatoms. The molecule has 0 radical (unpaired) electrons. The quantitative estimate of drug-likeness (QED) is 0.469. The normalized spacial score (nSPS) is 15.4. The van der Waals surface area contributed by atoms with Crippen molar-refractivity contribution in [2.45, 2.75) is 45.3 Å². The third kappa shape index (κ3) is 4.40. The van der Waals surface area contributed by atoms with Gasteiger partial charge in [-0.05, 0) is 43.7 Å². The third-order valence-corrected chi connectivity index (χ3v) is 5.28. The number of esters is 1. The number of aromatic nitrogens is 3. The van der Waals surface area contributed by atoms with E-state index in [9.17, 15) is 4.79 Å². The van der Waals surface area contributed by atoms with E-state index < -0.39 is 12.0 Å². The third-order valence-electron chi connectivity index (χ3n) is 4.56. The number of carbonyl (C=O) groups excluding carboxylic acids is 1. The zero-order chi connectivity index (χ0) is 21.7. The first-order valence-electron chi connectivity index (χ1n) is 10.1. The van der Waals surface area contributed by atoms with E-state index in [1.807, 2.05) is 39.0 Å². The van der Waals surface area contributed by atoms with Gasteiger partial charge >= 0.3 is 5.97 Å². The molecule has 0 aliphatic carbocycles. The Morgan fingerprint density at radius 1 is 1.23 bits per heavy atom. The van der Waals surface area contributed by atoms with Crippen LogP contribution in [0.15, 0.2) is 34.6 Å². The predicted octanol–water partition coefficient (Wildman–Crippen LogP) is 4.04. The van der Waals surface area contributed by atoms with Crippen LogP contribution in [0, 0.1) is 0 Å². The van der Waals surface area contributed by atoms with Crippen LogP contribution >= 0.6 is 11.8 Å².